The lowest BCUT2D eigenvalue weighted by Gasteiger charge is -2.23. The van der Waals surface area contributed by atoms with Crippen LogP contribution in [0.5, 0.6) is 0 Å². The van der Waals surface area contributed by atoms with Crippen LogP contribution in [0.3, 0.4) is 0 Å². The summed E-state index contributed by atoms with van der Waals surface area (Å²) in [5.74, 6) is 0.597. The van der Waals surface area contributed by atoms with Gasteiger partial charge in [0, 0.05) is 13.1 Å². The predicted octanol–water partition coefficient (Wildman–Crippen LogP) is 1.52. The minimum atomic E-state index is -0.0835. The monoisotopic (exact) mass is 229 g/mol. The fourth-order valence-electron chi connectivity index (χ4n) is 1.48. The number of hydrogen-bond donors (Lipinski definition) is 1. The maximum absolute atomic E-state index is 8.86. The second kappa shape index (κ2) is 5.72. The molecule has 1 aromatic heterocycles. The van der Waals surface area contributed by atoms with Gasteiger partial charge in [0.15, 0.2) is 5.69 Å². The zero-order chi connectivity index (χ0) is 12.8. The Hall–Kier alpha value is -2.27. The zero-order valence-electron chi connectivity index (χ0n) is 10.0. The molecule has 1 atom stereocenters. The van der Waals surface area contributed by atoms with Crippen molar-refractivity contribution >= 4 is 11.5 Å². The van der Waals surface area contributed by atoms with Gasteiger partial charge in [-0.2, -0.15) is 10.5 Å². The van der Waals surface area contributed by atoms with Crippen LogP contribution >= 0.6 is 0 Å². The summed E-state index contributed by atoms with van der Waals surface area (Å²) in [6.45, 7) is 5.15. The van der Waals surface area contributed by atoms with Crippen LogP contribution < -0.4 is 10.6 Å². The molecule has 0 aromatic carbocycles. The van der Waals surface area contributed by atoms with Crippen LogP contribution in [0.15, 0.2) is 12.1 Å². The highest BCUT2D eigenvalue weighted by atomic mass is 15.2. The minimum Gasteiger partial charge on any atom is -0.396 e. The Bertz CT molecular complexity index is 469. The fraction of sp³-hybridized carbons (Fsp3) is 0.417. The molecule has 0 fully saturated rings. The second-order valence-electron chi connectivity index (χ2n) is 3.79. The first-order chi connectivity index (χ1) is 8.12. The number of nitriles is 2. The smallest absolute Gasteiger partial charge is 0.165 e. The third-order valence-corrected chi connectivity index (χ3v) is 2.44. The number of nitrogens with two attached hydrogens (primary N) is 1. The highest BCUT2D eigenvalue weighted by Crippen LogP contribution is 2.17. The Labute approximate surface area is 101 Å². The Morgan fingerprint density at radius 1 is 1.47 bits per heavy atom. The SMILES string of the molecule is CCN(CC(C)C#N)c1ccc(N)c(C#N)n1. The predicted molar refractivity (Wildman–Crippen MR) is 66.0 cm³/mol. The molecule has 1 heterocycles. The molecule has 0 saturated carbocycles. The fourth-order valence-corrected chi connectivity index (χ4v) is 1.48. The summed E-state index contributed by atoms with van der Waals surface area (Å²) in [6.07, 6.45) is 0. The lowest BCUT2D eigenvalue weighted by molar-refractivity contribution is 0.679. The number of nitrogen functional groups attached to an aromatic ring is 1. The molecule has 0 bridgehead atoms. The number of hydrogen-bond acceptors (Lipinski definition) is 5. The van der Waals surface area contributed by atoms with E-state index in [4.69, 9.17) is 16.3 Å². The maximum atomic E-state index is 8.86. The van der Waals surface area contributed by atoms with Crippen LogP contribution in [0.25, 0.3) is 0 Å². The standard InChI is InChI=1S/C12H15N5/c1-3-17(8-9(2)6-13)12-5-4-10(15)11(7-14)16-12/h4-5,9H,3,8,15H2,1-2H3. The molecule has 0 spiro atoms. The molecule has 2 N–H and O–H groups in total. The van der Waals surface area contributed by atoms with Crippen molar-refractivity contribution in [1.82, 2.24) is 4.98 Å². The first-order valence-electron chi connectivity index (χ1n) is 5.43. The van der Waals surface area contributed by atoms with Crippen LogP contribution in [0, 0.1) is 28.6 Å². The Balaban J connectivity index is 2.98. The molecule has 0 aliphatic rings. The van der Waals surface area contributed by atoms with Crippen LogP contribution in [-0.4, -0.2) is 18.1 Å². The van der Waals surface area contributed by atoms with Crippen molar-refractivity contribution in [1.29, 1.82) is 10.5 Å². The molecule has 0 aliphatic carbocycles. The first-order valence-corrected chi connectivity index (χ1v) is 5.43. The molecule has 1 unspecified atom stereocenters. The van der Waals surface area contributed by atoms with Gasteiger partial charge in [-0.1, -0.05) is 0 Å². The van der Waals surface area contributed by atoms with Crippen molar-refractivity contribution in [3.05, 3.63) is 17.8 Å². The van der Waals surface area contributed by atoms with Gasteiger partial charge in [-0.25, -0.2) is 4.98 Å². The molecule has 17 heavy (non-hydrogen) atoms. The zero-order valence-corrected chi connectivity index (χ0v) is 10.0. The largest absolute Gasteiger partial charge is 0.396 e. The molecule has 0 amide bonds. The lowest BCUT2D eigenvalue weighted by atomic mass is 10.2. The Morgan fingerprint density at radius 2 is 2.18 bits per heavy atom. The van der Waals surface area contributed by atoms with Crippen molar-refractivity contribution in [2.24, 2.45) is 5.92 Å². The van der Waals surface area contributed by atoms with Gasteiger partial charge in [0.05, 0.1) is 17.7 Å². The van der Waals surface area contributed by atoms with Gasteiger partial charge in [0.2, 0.25) is 0 Å². The second-order valence-corrected chi connectivity index (χ2v) is 3.79. The molecule has 88 valence electrons. The molecule has 1 rings (SSSR count). The van der Waals surface area contributed by atoms with E-state index in [0.29, 0.717) is 18.1 Å². The van der Waals surface area contributed by atoms with E-state index in [1.54, 1.807) is 12.1 Å². The van der Waals surface area contributed by atoms with E-state index < -0.39 is 0 Å². The van der Waals surface area contributed by atoms with Gasteiger partial charge in [0.1, 0.15) is 11.9 Å². The molecular formula is C12H15N5. The number of rotatable bonds is 4. The quantitative estimate of drug-likeness (QED) is 0.845. The maximum Gasteiger partial charge on any atom is 0.165 e. The Morgan fingerprint density at radius 3 is 2.71 bits per heavy atom. The summed E-state index contributed by atoms with van der Waals surface area (Å²) in [4.78, 5) is 6.13. The number of anilines is 2. The first kappa shape index (κ1) is 12.8. The van der Waals surface area contributed by atoms with E-state index in [1.807, 2.05) is 24.8 Å². The molecule has 0 radical (unpaired) electrons. The highest BCUT2D eigenvalue weighted by molar-refractivity contribution is 5.55. The van der Waals surface area contributed by atoms with E-state index in [1.165, 1.54) is 0 Å². The van der Waals surface area contributed by atoms with Gasteiger partial charge in [-0.15, -0.1) is 0 Å². The average Bonchev–Trinajstić information content (AvgIpc) is 2.36. The number of nitrogens with zero attached hydrogens (tertiary/aromatic N) is 4. The summed E-state index contributed by atoms with van der Waals surface area (Å²) in [5, 5.41) is 17.7. The van der Waals surface area contributed by atoms with Crippen molar-refractivity contribution < 1.29 is 0 Å². The van der Waals surface area contributed by atoms with E-state index in [9.17, 15) is 0 Å². The highest BCUT2D eigenvalue weighted by Gasteiger charge is 2.11. The number of pyridine rings is 1. The van der Waals surface area contributed by atoms with E-state index in [-0.39, 0.29) is 11.6 Å². The molecule has 5 heteroatoms. The summed E-state index contributed by atoms with van der Waals surface area (Å²) >= 11 is 0. The molecule has 0 aliphatic heterocycles. The summed E-state index contributed by atoms with van der Waals surface area (Å²) in [7, 11) is 0. The van der Waals surface area contributed by atoms with Crippen molar-refractivity contribution in [3.8, 4) is 12.1 Å². The minimum absolute atomic E-state index is 0.0835. The molecule has 5 nitrogen and oxygen atoms in total. The van der Waals surface area contributed by atoms with E-state index in [2.05, 4.69) is 11.1 Å². The van der Waals surface area contributed by atoms with E-state index in [0.717, 1.165) is 6.54 Å². The van der Waals surface area contributed by atoms with Crippen LogP contribution in [0.1, 0.15) is 19.5 Å². The van der Waals surface area contributed by atoms with E-state index >= 15 is 0 Å². The third kappa shape index (κ3) is 3.09. The van der Waals surface area contributed by atoms with Crippen LogP contribution in [0.2, 0.25) is 0 Å². The summed E-state index contributed by atoms with van der Waals surface area (Å²) < 4.78 is 0. The Kier molecular flexibility index (Phi) is 4.30. The van der Waals surface area contributed by atoms with Crippen molar-refractivity contribution in [2.75, 3.05) is 23.7 Å². The van der Waals surface area contributed by atoms with Gasteiger partial charge >= 0.3 is 0 Å². The normalized spacial score (nSPS) is 11.3. The molecular weight excluding hydrogens is 214 g/mol. The summed E-state index contributed by atoms with van der Waals surface area (Å²) in [5.41, 5.74) is 6.22. The van der Waals surface area contributed by atoms with Crippen LogP contribution in [0.4, 0.5) is 11.5 Å². The number of aromatic nitrogens is 1. The molecule has 0 saturated heterocycles. The van der Waals surface area contributed by atoms with Gasteiger partial charge < -0.3 is 10.6 Å². The molecule has 1 aromatic rings. The van der Waals surface area contributed by atoms with Gasteiger partial charge in [-0.3, -0.25) is 0 Å². The topological polar surface area (TPSA) is 89.7 Å². The van der Waals surface area contributed by atoms with Crippen molar-refractivity contribution in [2.45, 2.75) is 13.8 Å². The lowest BCUT2D eigenvalue weighted by Crippen LogP contribution is -2.28. The van der Waals surface area contributed by atoms with Gasteiger partial charge in [-0.05, 0) is 26.0 Å². The van der Waals surface area contributed by atoms with Crippen LogP contribution in [-0.2, 0) is 0 Å². The van der Waals surface area contributed by atoms with Gasteiger partial charge in [0.25, 0.3) is 0 Å². The summed E-state index contributed by atoms with van der Waals surface area (Å²) in [6, 6.07) is 7.57. The van der Waals surface area contributed by atoms with Crippen molar-refractivity contribution in [3.63, 3.8) is 0 Å². The third-order valence-electron chi connectivity index (χ3n) is 2.44. The average molecular weight is 229 g/mol.